The van der Waals surface area contributed by atoms with Crippen molar-refractivity contribution < 1.29 is 19.1 Å². The largest absolute Gasteiger partial charge is 0.360 e. The Morgan fingerprint density at radius 2 is 2.00 bits per heavy atom. The van der Waals surface area contributed by atoms with Gasteiger partial charge in [0.15, 0.2) is 0 Å². The highest BCUT2D eigenvalue weighted by atomic mass is 16.5. The molecule has 29 heavy (non-hydrogen) atoms. The highest BCUT2D eigenvalue weighted by molar-refractivity contribution is 6.03. The Labute approximate surface area is 170 Å². The third-order valence-corrected chi connectivity index (χ3v) is 5.92. The van der Waals surface area contributed by atoms with E-state index in [0.717, 1.165) is 12.1 Å². The Kier molecular flexibility index (Phi) is 4.94. The number of nitrogens with zero attached hydrogens (tertiary/aromatic N) is 1. The number of amides is 3. The fourth-order valence-corrected chi connectivity index (χ4v) is 4.55. The van der Waals surface area contributed by atoms with Crippen LogP contribution < -0.4 is 15.5 Å². The maximum Gasteiger partial charge on any atom is 0.234 e. The van der Waals surface area contributed by atoms with Crippen molar-refractivity contribution in [1.82, 2.24) is 5.32 Å². The molecule has 154 valence electrons. The molecule has 2 bridgehead atoms. The molecule has 7 nitrogen and oxygen atoms in total. The number of ether oxygens (including phenoxy) is 1. The van der Waals surface area contributed by atoms with E-state index in [-0.39, 0.29) is 23.8 Å². The zero-order chi connectivity index (χ0) is 20.8. The van der Waals surface area contributed by atoms with E-state index in [1.165, 1.54) is 6.92 Å². The second-order valence-electron chi connectivity index (χ2n) is 8.53. The number of carbonyl (C=O) groups is 3. The molecule has 4 atom stereocenters. The number of benzene rings is 1. The molecular formula is C22H27N3O4. The standard InChI is InChI=1S/C22H27N3O4/c1-13(2)9-11-23-20(27)18-17-8-10-22(29-17)12-25(21(28)19(18)22)16-6-4-15(5-7-16)24-14(3)26/h4-8,10,13,17-19H,9,11-12H2,1-3H3,(H,23,27)(H,24,26)/t17-,18-,19+,22-/m1/s1. The first-order valence-corrected chi connectivity index (χ1v) is 10.1. The van der Waals surface area contributed by atoms with E-state index in [0.29, 0.717) is 24.7 Å². The second-order valence-corrected chi connectivity index (χ2v) is 8.53. The highest BCUT2D eigenvalue weighted by Gasteiger charge is 2.67. The van der Waals surface area contributed by atoms with Gasteiger partial charge in [-0.05, 0) is 36.6 Å². The fraction of sp³-hybridized carbons (Fsp3) is 0.500. The SMILES string of the molecule is CC(=O)Nc1ccc(N2C[C@@]34C=C[C@@H](O3)[C@@H](C(=O)NCCC(C)C)[C@H]4C2=O)cc1. The summed E-state index contributed by atoms with van der Waals surface area (Å²) in [6.07, 6.45) is 4.42. The van der Waals surface area contributed by atoms with Crippen LogP contribution in [0.2, 0.25) is 0 Å². The van der Waals surface area contributed by atoms with E-state index < -0.39 is 17.4 Å². The molecule has 3 aliphatic rings. The molecule has 2 N–H and O–H groups in total. The summed E-state index contributed by atoms with van der Waals surface area (Å²) in [5, 5.41) is 5.70. The molecule has 2 saturated heterocycles. The van der Waals surface area contributed by atoms with Crippen LogP contribution in [0.15, 0.2) is 36.4 Å². The van der Waals surface area contributed by atoms with Crippen molar-refractivity contribution >= 4 is 29.1 Å². The van der Waals surface area contributed by atoms with Crippen molar-refractivity contribution in [3.63, 3.8) is 0 Å². The van der Waals surface area contributed by atoms with Gasteiger partial charge in [-0.25, -0.2) is 0 Å². The first-order valence-electron chi connectivity index (χ1n) is 10.1. The first-order chi connectivity index (χ1) is 13.8. The zero-order valence-corrected chi connectivity index (χ0v) is 17.0. The van der Waals surface area contributed by atoms with Gasteiger partial charge >= 0.3 is 0 Å². The minimum Gasteiger partial charge on any atom is -0.360 e. The third-order valence-electron chi connectivity index (χ3n) is 5.92. The number of nitrogens with one attached hydrogen (secondary N) is 2. The number of fused-ring (bicyclic) bond motifs is 1. The summed E-state index contributed by atoms with van der Waals surface area (Å²) < 4.78 is 6.15. The fourth-order valence-electron chi connectivity index (χ4n) is 4.55. The number of anilines is 2. The summed E-state index contributed by atoms with van der Waals surface area (Å²) in [6, 6.07) is 7.13. The van der Waals surface area contributed by atoms with Crippen LogP contribution in [0.1, 0.15) is 27.2 Å². The molecule has 0 aliphatic carbocycles. The van der Waals surface area contributed by atoms with E-state index in [1.807, 2.05) is 12.2 Å². The highest BCUT2D eigenvalue weighted by Crippen LogP contribution is 2.52. The Bertz CT molecular complexity index is 863. The molecule has 3 amide bonds. The summed E-state index contributed by atoms with van der Waals surface area (Å²) in [6.45, 7) is 6.66. The lowest BCUT2D eigenvalue weighted by molar-refractivity contribution is -0.131. The summed E-state index contributed by atoms with van der Waals surface area (Å²) in [7, 11) is 0. The van der Waals surface area contributed by atoms with Crippen molar-refractivity contribution in [3.8, 4) is 0 Å². The predicted octanol–water partition coefficient (Wildman–Crippen LogP) is 2.09. The lowest BCUT2D eigenvalue weighted by Crippen LogP contribution is -2.44. The van der Waals surface area contributed by atoms with Crippen LogP contribution in [0.4, 0.5) is 11.4 Å². The van der Waals surface area contributed by atoms with Gasteiger partial charge in [-0.2, -0.15) is 0 Å². The van der Waals surface area contributed by atoms with Crippen LogP contribution in [-0.4, -0.2) is 42.5 Å². The van der Waals surface area contributed by atoms with E-state index >= 15 is 0 Å². The van der Waals surface area contributed by atoms with E-state index in [9.17, 15) is 14.4 Å². The van der Waals surface area contributed by atoms with E-state index in [2.05, 4.69) is 24.5 Å². The number of carbonyl (C=O) groups excluding carboxylic acids is 3. The van der Waals surface area contributed by atoms with E-state index in [4.69, 9.17) is 4.74 Å². The van der Waals surface area contributed by atoms with Crippen LogP contribution in [-0.2, 0) is 19.1 Å². The average Bonchev–Trinajstić information content (AvgIpc) is 3.30. The van der Waals surface area contributed by atoms with Crippen molar-refractivity contribution in [2.75, 3.05) is 23.3 Å². The average molecular weight is 397 g/mol. The third kappa shape index (κ3) is 3.44. The molecule has 0 radical (unpaired) electrons. The number of rotatable bonds is 6. The minimum atomic E-state index is -0.738. The van der Waals surface area contributed by atoms with Gasteiger partial charge in [-0.1, -0.05) is 26.0 Å². The molecule has 0 unspecified atom stereocenters. The smallest absolute Gasteiger partial charge is 0.234 e. The molecule has 0 saturated carbocycles. The summed E-state index contributed by atoms with van der Waals surface area (Å²) >= 11 is 0. The van der Waals surface area contributed by atoms with Crippen molar-refractivity contribution in [1.29, 1.82) is 0 Å². The molecule has 7 heteroatoms. The van der Waals surface area contributed by atoms with Crippen LogP contribution in [0, 0.1) is 17.8 Å². The van der Waals surface area contributed by atoms with Crippen LogP contribution in [0.3, 0.4) is 0 Å². The molecule has 1 aromatic rings. The summed E-state index contributed by atoms with van der Waals surface area (Å²) in [5.41, 5.74) is 0.663. The summed E-state index contributed by atoms with van der Waals surface area (Å²) in [4.78, 5) is 39.0. The van der Waals surface area contributed by atoms with Gasteiger partial charge in [0.05, 0.1) is 24.5 Å². The van der Waals surface area contributed by atoms with Crippen LogP contribution >= 0.6 is 0 Å². The quantitative estimate of drug-likeness (QED) is 0.720. The van der Waals surface area contributed by atoms with Gasteiger partial charge in [-0.3, -0.25) is 14.4 Å². The minimum absolute atomic E-state index is 0.0897. The maximum absolute atomic E-state index is 13.3. The van der Waals surface area contributed by atoms with Crippen molar-refractivity contribution in [3.05, 3.63) is 36.4 Å². The van der Waals surface area contributed by atoms with E-state index in [1.54, 1.807) is 29.2 Å². The topological polar surface area (TPSA) is 87.7 Å². The van der Waals surface area contributed by atoms with Crippen LogP contribution in [0.5, 0.6) is 0 Å². The molecule has 3 heterocycles. The summed E-state index contributed by atoms with van der Waals surface area (Å²) in [5.74, 6) is -0.849. The van der Waals surface area contributed by atoms with Crippen molar-refractivity contribution in [2.24, 2.45) is 17.8 Å². The lowest BCUT2D eigenvalue weighted by atomic mass is 9.77. The molecule has 0 aromatic heterocycles. The molecule has 1 aromatic carbocycles. The van der Waals surface area contributed by atoms with Gasteiger partial charge in [0, 0.05) is 24.8 Å². The Morgan fingerprint density at radius 1 is 1.28 bits per heavy atom. The van der Waals surface area contributed by atoms with Gasteiger partial charge in [0.2, 0.25) is 17.7 Å². The monoisotopic (exact) mass is 397 g/mol. The first kappa shape index (κ1) is 19.6. The Balaban J connectivity index is 1.52. The molecule has 1 spiro atoms. The number of hydrogen-bond donors (Lipinski definition) is 2. The predicted molar refractivity (Wildman–Crippen MR) is 109 cm³/mol. The lowest BCUT2D eigenvalue weighted by Gasteiger charge is -2.23. The molecular weight excluding hydrogens is 370 g/mol. The normalized spacial score (nSPS) is 29.4. The Morgan fingerprint density at radius 3 is 2.66 bits per heavy atom. The maximum atomic E-state index is 13.3. The van der Waals surface area contributed by atoms with Gasteiger partial charge in [-0.15, -0.1) is 0 Å². The zero-order valence-electron chi connectivity index (χ0n) is 17.0. The molecule has 2 fully saturated rings. The van der Waals surface area contributed by atoms with Crippen molar-refractivity contribution in [2.45, 2.75) is 38.9 Å². The molecule has 3 aliphatic heterocycles. The Hall–Kier alpha value is -2.67. The van der Waals surface area contributed by atoms with Gasteiger partial charge < -0.3 is 20.3 Å². The molecule has 4 rings (SSSR count). The van der Waals surface area contributed by atoms with Gasteiger partial charge in [0.1, 0.15) is 5.60 Å². The second kappa shape index (κ2) is 7.30. The number of hydrogen-bond acceptors (Lipinski definition) is 4. The van der Waals surface area contributed by atoms with Crippen LogP contribution in [0.25, 0.3) is 0 Å². The van der Waals surface area contributed by atoms with Gasteiger partial charge in [0.25, 0.3) is 0 Å².